The lowest BCUT2D eigenvalue weighted by Gasteiger charge is -1.97. The van der Waals surface area contributed by atoms with E-state index in [1.165, 1.54) is 18.3 Å². The molecule has 0 spiro atoms. The van der Waals surface area contributed by atoms with Crippen molar-refractivity contribution in [3.05, 3.63) is 87.9 Å². The van der Waals surface area contributed by atoms with Gasteiger partial charge in [-0.25, -0.2) is 5.43 Å². The summed E-state index contributed by atoms with van der Waals surface area (Å²) in [6, 6.07) is 16.8. The quantitative estimate of drug-likeness (QED) is 0.303. The highest BCUT2D eigenvalue weighted by molar-refractivity contribution is 5.99. The molecule has 144 valence electrons. The second-order valence-corrected chi connectivity index (χ2v) is 6.26. The first-order valence-corrected chi connectivity index (χ1v) is 8.69. The van der Waals surface area contributed by atoms with Crippen LogP contribution in [0.3, 0.4) is 0 Å². The van der Waals surface area contributed by atoms with E-state index in [1.807, 2.05) is 25.1 Å². The third kappa shape index (κ3) is 3.63. The molecule has 2 aromatic heterocycles. The predicted octanol–water partition coefficient (Wildman–Crippen LogP) is 4.67. The molecule has 8 heteroatoms. The minimum atomic E-state index is -0.472. The third-order valence-corrected chi connectivity index (χ3v) is 4.38. The van der Waals surface area contributed by atoms with Gasteiger partial charge in [0.25, 0.3) is 5.69 Å². The van der Waals surface area contributed by atoms with Crippen molar-refractivity contribution in [1.29, 1.82) is 0 Å². The number of para-hydroxylation sites is 1. The monoisotopic (exact) mass is 389 g/mol. The molecule has 29 heavy (non-hydrogen) atoms. The number of aryl methyl sites for hydroxylation is 1. The summed E-state index contributed by atoms with van der Waals surface area (Å²) in [5, 5.41) is 15.7. The molecular formula is C21H15N3O5. The van der Waals surface area contributed by atoms with Crippen LogP contribution in [0.2, 0.25) is 0 Å². The van der Waals surface area contributed by atoms with Crippen molar-refractivity contribution in [2.75, 3.05) is 0 Å². The molecule has 0 atom stereocenters. The van der Waals surface area contributed by atoms with Crippen molar-refractivity contribution in [2.24, 2.45) is 5.10 Å². The van der Waals surface area contributed by atoms with Gasteiger partial charge in [0, 0.05) is 28.6 Å². The molecule has 8 nitrogen and oxygen atoms in total. The fourth-order valence-corrected chi connectivity index (χ4v) is 2.95. The molecule has 0 aliphatic carbocycles. The Morgan fingerprint density at radius 3 is 2.72 bits per heavy atom. The summed E-state index contributed by atoms with van der Waals surface area (Å²) >= 11 is 0. The maximum Gasteiger partial charge on any atom is 0.307 e. The van der Waals surface area contributed by atoms with E-state index in [2.05, 4.69) is 10.5 Å². The van der Waals surface area contributed by atoms with Crippen LogP contribution in [0.1, 0.15) is 21.9 Å². The lowest BCUT2D eigenvalue weighted by Crippen LogP contribution is -2.17. The van der Waals surface area contributed by atoms with Crippen LogP contribution in [-0.4, -0.2) is 17.0 Å². The van der Waals surface area contributed by atoms with Crippen molar-refractivity contribution < 1.29 is 18.6 Å². The lowest BCUT2D eigenvalue weighted by molar-refractivity contribution is -0.384. The van der Waals surface area contributed by atoms with Gasteiger partial charge in [0.15, 0.2) is 5.76 Å². The summed E-state index contributed by atoms with van der Waals surface area (Å²) in [7, 11) is 0. The molecule has 0 radical (unpaired) electrons. The van der Waals surface area contributed by atoms with E-state index < -0.39 is 10.8 Å². The van der Waals surface area contributed by atoms with Crippen LogP contribution in [0.5, 0.6) is 0 Å². The number of hydrogen-bond donors (Lipinski definition) is 1. The largest absolute Gasteiger partial charge is 0.455 e. The van der Waals surface area contributed by atoms with Crippen molar-refractivity contribution >= 4 is 28.8 Å². The van der Waals surface area contributed by atoms with E-state index in [0.29, 0.717) is 22.7 Å². The molecule has 0 saturated heterocycles. The number of nitro benzene ring substituents is 1. The molecule has 1 N–H and O–H groups in total. The number of hydrazone groups is 1. The second-order valence-electron chi connectivity index (χ2n) is 6.26. The number of carbonyl (C=O) groups excluding carboxylic acids is 1. The van der Waals surface area contributed by atoms with Gasteiger partial charge in [0.2, 0.25) is 0 Å². The van der Waals surface area contributed by atoms with Gasteiger partial charge in [-0.2, -0.15) is 5.10 Å². The van der Waals surface area contributed by atoms with Gasteiger partial charge >= 0.3 is 5.91 Å². The van der Waals surface area contributed by atoms with Crippen molar-refractivity contribution in [2.45, 2.75) is 6.92 Å². The third-order valence-electron chi connectivity index (χ3n) is 4.38. The van der Waals surface area contributed by atoms with E-state index in [0.717, 1.165) is 10.9 Å². The van der Waals surface area contributed by atoms with E-state index in [4.69, 9.17) is 8.83 Å². The summed E-state index contributed by atoms with van der Waals surface area (Å²) in [4.78, 5) is 22.8. The number of carbonyl (C=O) groups is 1. The Bertz CT molecular complexity index is 1250. The standard InChI is InChI=1S/C21H15N3O5/c1-13-17-7-2-3-8-19(17)29-20(13)21(25)23-22-12-16-9-10-18(28-16)14-5-4-6-15(11-14)24(26)27/h2-12H,1H3,(H,23,25)/b22-12-. The van der Waals surface area contributed by atoms with Crippen LogP contribution in [0, 0.1) is 17.0 Å². The van der Waals surface area contributed by atoms with Crippen molar-refractivity contribution in [3.8, 4) is 11.3 Å². The Hall–Kier alpha value is -4.20. The molecule has 0 saturated carbocycles. The average molecular weight is 389 g/mol. The number of benzene rings is 2. The fourth-order valence-electron chi connectivity index (χ4n) is 2.95. The average Bonchev–Trinajstić information content (AvgIpc) is 3.33. The maximum absolute atomic E-state index is 12.3. The molecule has 4 aromatic rings. The van der Waals surface area contributed by atoms with Crippen LogP contribution in [0.4, 0.5) is 5.69 Å². The topological polar surface area (TPSA) is 111 Å². The van der Waals surface area contributed by atoms with E-state index >= 15 is 0 Å². The molecule has 4 rings (SSSR count). The number of nitrogens with one attached hydrogen (secondary N) is 1. The highest BCUT2D eigenvalue weighted by Crippen LogP contribution is 2.26. The molecule has 0 fully saturated rings. The number of rotatable bonds is 5. The zero-order valence-corrected chi connectivity index (χ0v) is 15.3. The zero-order valence-electron chi connectivity index (χ0n) is 15.3. The van der Waals surface area contributed by atoms with E-state index in [9.17, 15) is 14.9 Å². The van der Waals surface area contributed by atoms with Crippen LogP contribution in [0.15, 0.2) is 74.6 Å². The summed E-state index contributed by atoms with van der Waals surface area (Å²) < 4.78 is 11.2. The molecule has 1 amide bonds. The zero-order chi connectivity index (χ0) is 20.4. The first-order valence-electron chi connectivity index (χ1n) is 8.69. The first kappa shape index (κ1) is 18.2. The Kier molecular flexibility index (Phi) is 4.66. The van der Waals surface area contributed by atoms with Gasteiger partial charge in [-0.15, -0.1) is 0 Å². The normalized spacial score (nSPS) is 11.2. The highest BCUT2D eigenvalue weighted by Gasteiger charge is 2.16. The number of fused-ring (bicyclic) bond motifs is 1. The highest BCUT2D eigenvalue weighted by atomic mass is 16.6. The summed E-state index contributed by atoms with van der Waals surface area (Å²) in [5.74, 6) is 0.559. The second kappa shape index (κ2) is 7.43. The number of amides is 1. The van der Waals surface area contributed by atoms with Gasteiger partial charge in [-0.1, -0.05) is 30.3 Å². The van der Waals surface area contributed by atoms with Gasteiger partial charge < -0.3 is 8.83 Å². The van der Waals surface area contributed by atoms with E-state index in [-0.39, 0.29) is 11.4 Å². The summed E-state index contributed by atoms with van der Waals surface area (Å²) in [5.41, 5.74) is 4.32. The first-order chi connectivity index (χ1) is 14.0. The molecule has 0 unspecified atom stereocenters. The van der Waals surface area contributed by atoms with Crippen LogP contribution in [0.25, 0.3) is 22.3 Å². The minimum absolute atomic E-state index is 0.0254. The number of furan rings is 2. The number of nitro groups is 1. The Morgan fingerprint density at radius 2 is 1.93 bits per heavy atom. The number of nitrogens with zero attached hydrogens (tertiary/aromatic N) is 2. The smallest absolute Gasteiger partial charge is 0.307 e. The molecular weight excluding hydrogens is 374 g/mol. The van der Waals surface area contributed by atoms with Crippen LogP contribution < -0.4 is 5.43 Å². The van der Waals surface area contributed by atoms with Crippen molar-refractivity contribution in [1.82, 2.24) is 5.43 Å². The van der Waals surface area contributed by atoms with Crippen LogP contribution in [-0.2, 0) is 0 Å². The molecule has 0 bridgehead atoms. The Labute approximate surface area is 164 Å². The predicted molar refractivity (Wildman–Crippen MR) is 107 cm³/mol. The maximum atomic E-state index is 12.3. The molecule has 0 aliphatic rings. The van der Waals surface area contributed by atoms with Gasteiger partial charge in [0.05, 0.1) is 11.1 Å². The van der Waals surface area contributed by atoms with Crippen LogP contribution >= 0.6 is 0 Å². The SMILES string of the molecule is Cc1c(C(=O)N/N=C\c2ccc(-c3cccc([N+](=O)[O-])c3)o2)oc2ccccc12. The summed E-state index contributed by atoms with van der Waals surface area (Å²) in [6.45, 7) is 1.81. The van der Waals surface area contributed by atoms with Gasteiger partial charge in [-0.3, -0.25) is 14.9 Å². The number of hydrogen-bond acceptors (Lipinski definition) is 6. The van der Waals surface area contributed by atoms with E-state index in [1.54, 1.807) is 30.3 Å². The Balaban J connectivity index is 1.47. The molecule has 2 heterocycles. The fraction of sp³-hybridized carbons (Fsp3) is 0.0476. The number of non-ortho nitro benzene ring substituents is 1. The minimum Gasteiger partial charge on any atom is -0.455 e. The van der Waals surface area contributed by atoms with Gasteiger partial charge in [-0.05, 0) is 25.1 Å². The van der Waals surface area contributed by atoms with Crippen molar-refractivity contribution in [3.63, 3.8) is 0 Å². The molecule has 0 aliphatic heterocycles. The molecule has 2 aromatic carbocycles. The van der Waals surface area contributed by atoms with Gasteiger partial charge in [0.1, 0.15) is 17.1 Å². The lowest BCUT2D eigenvalue weighted by atomic mass is 10.1. The summed E-state index contributed by atoms with van der Waals surface area (Å²) in [6.07, 6.45) is 1.34. The Morgan fingerprint density at radius 1 is 1.10 bits per heavy atom.